The van der Waals surface area contributed by atoms with E-state index in [1.54, 1.807) is 12.1 Å². The van der Waals surface area contributed by atoms with Crippen molar-refractivity contribution in [2.24, 2.45) is 5.73 Å². The van der Waals surface area contributed by atoms with Gasteiger partial charge in [0, 0.05) is 59.6 Å². The number of carbonyl (C=O) groups is 2. The first kappa shape index (κ1) is 25.0. The highest BCUT2D eigenvalue weighted by molar-refractivity contribution is 7.13. The molecular weight excluding hydrogens is 510 g/mol. The minimum atomic E-state index is -1.19. The molecule has 1 aromatic carbocycles. The van der Waals surface area contributed by atoms with Crippen LogP contribution < -0.4 is 11.1 Å². The van der Waals surface area contributed by atoms with Gasteiger partial charge < -0.3 is 20.8 Å². The SMILES string of the molecule is NC1(C(=O)c2cc3cc(Cl)ccc3[nH]2)CCCCC1NC(=O)c1nc2c(s1)CN(C1CCOCC1)CC2. The summed E-state index contributed by atoms with van der Waals surface area (Å²) in [7, 11) is 0. The number of ether oxygens (including phenoxy) is 1. The van der Waals surface area contributed by atoms with Gasteiger partial charge >= 0.3 is 0 Å². The average Bonchev–Trinajstić information content (AvgIpc) is 3.53. The molecule has 8 nitrogen and oxygen atoms in total. The lowest BCUT2D eigenvalue weighted by molar-refractivity contribution is 0.0293. The maximum atomic E-state index is 13.7. The third-order valence-electron chi connectivity index (χ3n) is 8.17. The van der Waals surface area contributed by atoms with E-state index in [1.165, 1.54) is 16.2 Å². The van der Waals surface area contributed by atoms with Crippen molar-refractivity contribution in [3.8, 4) is 0 Å². The Kier molecular flexibility index (Phi) is 6.83. The lowest BCUT2D eigenvalue weighted by atomic mass is 9.74. The third kappa shape index (κ3) is 4.83. The number of H-pyrrole nitrogens is 1. The molecule has 3 aliphatic rings. The summed E-state index contributed by atoms with van der Waals surface area (Å²) >= 11 is 7.59. The van der Waals surface area contributed by atoms with E-state index in [2.05, 4.69) is 15.2 Å². The molecule has 4 heterocycles. The highest BCUT2D eigenvalue weighted by atomic mass is 35.5. The Morgan fingerprint density at radius 3 is 2.89 bits per heavy atom. The standard InChI is InChI=1S/C27H32ClN5O3S/c28-17-4-5-19-16(13-17)14-21(30-19)24(34)27(29)9-2-1-3-23(27)32-25(35)26-31-20-6-10-33(15-22(20)37-26)18-7-11-36-12-8-18/h4-5,13-14,18,23,30H,1-3,6-12,15,29H2,(H,32,35). The Balaban J connectivity index is 1.18. The summed E-state index contributed by atoms with van der Waals surface area (Å²) in [5.74, 6) is -0.426. The van der Waals surface area contributed by atoms with Crippen LogP contribution in [0.1, 0.15) is 69.4 Å². The van der Waals surface area contributed by atoms with E-state index in [-0.39, 0.29) is 11.7 Å². The van der Waals surface area contributed by atoms with Crippen LogP contribution >= 0.6 is 22.9 Å². The number of nitrogens with zero attached hydrogens (tertiary/aromatic N) is 2. The van der Waals surface area contributed by atoms with Crippen LogP contribution in [0.15, 0.2) is 24.3 Å². The van der Waals surface area contributed by atoms with Gasteiger partial charge in [-0.1, -0.05) is 24.4 Å². The molecule has 1 saturated carbocycles. The number of thiazole rings is 1. The van der Waals surface area contributed by atoms with Crippen molar-refractivity contribution in [1.82, 2.24) is 20.2 Å². The molecule has 2 aliphatic heterocycles. The van der Waals surface area contributed by atoms with E-state index in [0.29, 0.717) is 34.6 Å². The van der Waals surface area contributed by atoms with Gasteiger partial charge in [0.1, 0.15) is 5.54 Å². The number of hydrogen-bond donors (Lipinski definition) is 3. The summed E-state index contributed by atoms with van der Waals surface area (Å²) in [5.41, 5.74) is 7.92. The zero-order valence-electron chi connectivity index (χ0n) is 20.7. The van der Waals surface area contributed by atoms with Gasteiger partial charge in [0.2, 0.25) is 5.78 Å². The van der Waals surface area contributed by atoms with Crippen molar-refractivity contribution < 1.29 is 14.3 Å². The zero-order chi connectivity index (χ0) is 25.6. The molecule has 10 heteroatoms. The van der Waals surface area contributed by atoms with Crippen molar-refractivity contribution in [3.63, 3.8) is 0 Å². The van der Waals surface area contributed by atoms with Gasteiger partial charge in [0.25, 0.3) is 5.91 Å². The summed E-state index contributed by atoms with van der Waals surface area (Å²) < 4.78 is 5.52. The van der Waals surface area contributed by atoms with Crippen molar-refractivity contribution in [2.75, 3.05) is 19.8 Å². The average molecular weight is 542 g/mol. The number of fused-ring (bicyclic) bond motifs is 2. The first-order valence-corrected chi connectivity index (χ1v) is 14.3. The molecule has 2 atom stereocenters. The quantitative estimate of drug-likeness (QED) is 0.420. The molecule has 0 bridgehead atoms. The van der Waals surface area contributed by atoms with E-state index < -0.39 is 11.6 Å². The molecule has 196 valence electrons. The van der Waals surface area contributed by atoms with Crippen LogP contribution in [-0.2, 0) is 17.7 Å². The van der Waals surface area contributed by atoms with Crippen LogP contribution in [0, 0.1) is 0 Å². The Hall–Kier alpha value is -2.30. The highest BCUT2D eigenvalue weighted by Crippen LogP contribution is 2.33. The minimum Gasteiger partial charge on any atom is -0.381 e. The van der Waals surface area contributed by atoms with Crippen LogP contribution in [-0.4, -0.2) is 63.9 Å². The molecule has 1 saturated heterocycles. The largest absolute Gasteiger partial charge is 0.381 e. The van der Waals surface area contributed by atoms with Gasteiger partial charge in [0.05, 0.1) is 17.4 Å². The molecule has 1 amide bonds. The first-order valence-electron chi connectivity index (χ1n) is 13.1. The maximum Gasteiger partial charge on any atom is 0.280 e. The second kappa shape index (κ2) is 10.1. The monoisotopic (exact) mass is 541 g/mol. The molecule has 0 spiro atoms. The topological polar surface area (TPSA) is 113 Å². The van der Waals surface area contributed by atoms with Crippen LogP contribution in [0.5, 0.6) is 0 Å². The van der Waals surface area contributed by atoms with Crippen LogP contribution in [0.3, 0.4) is 0 Å². The first-order chi connectivity index (χ1) is 17.9. The Bertz CT molecular complexity index is 1330. The lowest BCUT2D eigenvalue weighted by Crippen LogP contribution is -2.64. The summed E-state index contributed by atoms with van der Waals surface area (Å²) in [6, 6.07) is 7.33. The minimum absolute atomic E-state index is 0.185. The summed E-state index contributed by atoms with van der Waals surface area (Å²) in [4.78, 5) is 38.6. The molecule has 0 radical (unpaired) electrons. The number of aromatic nitrogens is 2. The Labute approximate surface area is 224 Å². The zero-order valence-corrected chi connectivity index (χ0v) is 22.3. The predicted octanol–water partition coefficient (Wildman–Crippen LogP) is 4.07. The molecule has 4 N–H and O–H groups in total. The second-order valence-electron chi connectivity index (χ2n) is 10.5. The summed E-state index contributed by atoms with van der Waals surface area (Å²) in [6.45, 7) is 3.43. The van der Waals surface area contributed by atoms with E-state index in [4.69, 9.17) is 27.1 Å². The molecular formula is C27H32ClN5O3S. The van der Waals surface area contributed by atoms with Gasteiger partial charge in [-0.3, -0.25) is 14.5 Å². The number of rotatable bonds is 5. The maximum absolute atomic E-state index is 13.7. The number of ketones is 1. The molecule has 3 aromatic rings. The van der Waals surface area contributed by atoms with E-state index in [1.807, 2.05) is 12.1 Å². The molecule has 6 rings (SSSR count). The number of halogens is 1. The molecule has 2 fully saturated rings. The van der Waals surface area contributed by atoms with E-state index >= 15 is 0 Å². The summed E-state index contributed by atoms with van der Waals surface area (Å²) in [5, 5.41) is 5.03. The fourth-order valence-electron chi connectivity index (χ4n) is 6.04. The number of amides is 1. The Morgan fingerprint density at radius 1 is 1.22 bits per heavy atom. The number of nitrogens with one attached hydrogen (secondary N) is 2. The van der Waals surface area contributed by atoms with Crippen LogP contribution in [0.25, 0.3) is 10.9 Å². The number of benzene rings is 1. The normalized spacial score (nSPS) is 25.2. The fourth-order valence-corrected chi connectivity index (χ4v) is 7.26. The van der Waals surface area contributed by atoms with Gasteiger partial charge in [-0.05, 0) is 49.9 Å². The lowest BCUT2D eigenvalue weighted by Gasteiger charge is -2.39. The predicted molar refractivity (Wildman–Crippen MR) is 144 cm³/mol. The van der Waals surface area contributed by atoms with Crippen molar-refractivity contribution >= 4 is 45.5 Å². The number of nitrogens with two attached hydrogens (primary N) is 1. The van der Waals surface area contributed by atoms with Gasteiger partial charge in [0.15, 0.2) is 5.01 Å². The van der Waals surface area contributed by atoms with Gasteiger partial charge in [-0.2, -0.15) is 0 Å². The van der Waals surface area contributed by atoms with Crippen LogP contribution in [0.4, 0.5) is 0 Å². The van der Waals surface area contributed by atoms with Crippen molar-refractivity contribution in [2.45, 2.75) is 69.1 Å². The molecule has 2 aromatic heterocycles. The fraction of sp³-hybridized carbons (Fsp3) is 0.519. The summed E-state index contributed by atoms with van der Waals surface area (Å²) in [6.07, 6.45) is 5.88. The molecule has 1 aliphatic carbocycles. The van der Waals surface area contributed by atoms with E-state index in [0.717, 1.165) is 75.0 Å². The molecule has 2 unspecified atom stereocenters. The molecule has 37 heavy (non-hydrogen) atoms. The highest BCUT2D eigenvalue weighted by Gasteiger charge is 2.45. The van der Waals surface area contributed by atoms with E-state index in [9.17, 15) is 9.59 Å². The van der Waals surface area contributed by atoms with Crippen molar-refractivity contribution in [1.29, 1.82) is 0 Å². The van der Waals surface area contributed by atoms with Crippen LogP contribution in [0.2, 0.25) is 5.02 Å². The smallest absolute Gasteiger partial charge is 0.280 e. The Morgan fingerprint density at radius 2 is 2.05 bits per heavy atom. The van der Waals surface area contributed by atoms with Crippen molar-refractivity contribution in [3.05, 3.63) is 50.6 Å². The number of hydrogen-bond acceptors (Lipinski definition) is 7. The number of Topliss-reactive ketones (excluding diaryl/α,β-unsaturated/α-hetero) is 1. The number of aromatic amines is 1. The second-order valence-corrected chi connectivity index (χ2v) is 12.0. The van der Waals surface area contributed by atoms with Gasteiger partial charge in [-0.15, -0.1) is 11.3 Å². The number of carbonyl (C=O) groups excluding carboxylic acids is 2. The van der Waals surface area contributed by atoms with Gasteiger partial charge in [-0.25, -0.2) is 4.98 Å². The third-order valence-corrected chi connectivity index (χ3v) is 9.49.